The molecule has 0 spiro atoms. The van der Waals surface area contributed by atoms with Crippen molar-refractivity contribution in [3.8, 4) is 0 Å². The maximum Gasteiger partial charge on any atom is 0.251 e. The Hall–Kier alpha value is -2.45. The highest BCUT2D eigenvalue weighted by atomic mass is 32.2. The third-order valence-corrected chi connectivity index (χ3v) is 7.14. The predicted octanol–water partition coefficient (Wildman–Crippen LogP) is 5.28. The summed E-state index contributed by atoms with van der Waals surface area (Å²) in [7, 11) is 0. The Bertz CT molecular complexity index is 1060. The third kappa shape index (κ3) is 5.62. The summed E-state index contributed by atoms with van der Waals surface area (Å²) in [6, 6.07) is 11.6. The van der Waals surface area contributed by atoms with Crippen LogP contribution < -0.4 is 10.2 Å². The zero-order valence-corrected chi connectivity index (χ0v) is 18.7. The molecule has 0 aliphatic carbocycles. The van der Waals surface area contributed by atoms with E-state index in [1.165, 1.54) is 6.07 Å². The molecule has 4 rings (SSSR count). The number of hydrogen-bond acceptors (Lipinski definition) is 5. The SMILES string of the molecule is Cc1nc(CSc2ccc(C(=O)NCC3CCN(c4ccc(F)c(F)c4)C3)cc2)cs1. The monoisotopic (exact) mass is 459 g/mol. The molecule has 31 heavy (non-hydrogen) atoms. The number of benzene rings is 2. The van der Waals surface area contributed by atoms with Gasteiger partial charge in [-0.05, 0) is 55.7 Å². The summed E-state index contributed by atoms with van der Waals surface area (Å²) in [5, 5.41) is 6.14. The van der Waals surface area contributed by atoms with Gasteiger partial charge in [0, 0.05) is 53.0 Å². The number of carbonyl (C=O) groups excluding carboxylic acids is 1. The van der Waals surface area contributed by atoms with Gasteiger partial charge in [-0.2, -0.15) is 0 Å². The summed E-state index contributed by atoms with van der Waals surface area (Å²) >= 11 is 3.35. The van der Waals surface area contributed by atoms with Gasteiger partial charge in [0.05, 0.1) is 10.7 Å². The number of nitrogens with one attached hydrogen (secondary N) is 1. The summed E-state index contributed by atoms with van der Waals surface area (Å²) in [4.78, 5) is 20.1. The third-order valence-electron chi connectivity index (χ3n) is 5.28. The maximum atomic E-state index is 13.5. The van der Waals surface area contributed by atoms with Crippen LogP contribution in [0.3, 0.4) is 0 Å². The Morgan fingerprint density at radius 1 is 1.23 bits per heavy atom. The molecule has 1 amide bonds. The van der Waals surface area contributed by atoms with Gasteiger partial charge in [-0.1, -0.05) is 0 Å². The average molecular weight is 460 g/mol. The van der Waals surface area contributed by atoms with Gasteiger partial charge < -0.3 is 10.2 Å². The van der Waals surface area contributed by atoms with Crippen molar-refractivity contribution in [1.82, 2.24) is 10.3 Å². The van der Waals surface area contributed by atoms with Crippen molar-refractivity contribution in [2.24, 2.45) is 5.92 Å². The van der Waals surface area contributed by atoms with Crippen LogP contribution in [0.25, 0.3) is 0 Å². The number of carbonyl (C=O) groups is 1. The average Bonchev–Trinajstić information content (AvgIpc) is 3.42. The van der Waals surface area contributed by atoms with Crippen molar-refractivity contribution < 1.29 is 13.6 Å². The lowest BCUT2D eigenvalue weighted by atomic mass is 10.1. The molecule has 1 fully saturated rings. The molecule has 8 heteroatoms. The second-order valence-electron chi connectivity index (χ2n) is 7.58. The Balaban J connectivity index is 1.24. The van der Waals surface area contributed by atoms with E-state index < -0.39 is 11.6 Å². The Labute approximate surface area is 188 Å². The van der Waals surface area contributed by atoms with E-state index in [1.54, 1.807) is 29.2 Å². The van der Waals surface area contributed by atoms with Gasteiger partial charge in [-0.25, -0.2) is 13.8 Å². The molecule has 1 unspecified atom stereocenters. The van der Waals surface area contributed by atoms with Gasteiger partial charge in [0.15, 0.2) is 11.6 Å². The maximum absolute atomic E-state index is 13.5. The van der Waals surface area contributed by atoms with E-state index in [-0.39, 0.29) is 11.8 Å². The van der Waals surface area contributed by atoms with Crippen molar-refractivity contribution in [3.05, 3.63) is 75.7 Å². The number of hydrogen-bond donors (Lipinski definition) is 1. The minimum absolute atomic E-state index is 0.0991. The highest BCUT2D eigenvalue weighted by Crippen LogP contribution is 2.26. The summed E-state index contributed by atoms with van der Waals surface area (Å²) in [5.74, 6) is -0.690. The predicted molar refractivity (Wildman–Crippen MR) is 122 cm³/mol. The van der Waals surface area contributed by atoms with Gasteiger partial charge in [-0.3, -0.25) is 4.79 Å². The second kappa shape index (κ2) is 9.78. The van der Waals surface area contributed by atoms with Crippen LogP contribution in [0.4, 0.5) is 14.5 Å². The number of thiazole rings is 1. The minimum Gasteiger partial charge on any atom is -0.371 e. The first-order valence-electron chi connectivity index (χ1n) is 10.1. The molecule has 162 valence electrons. The first kappa shape index (κ1) is 21.8. The number of amides is 1. The van der Waals surface area contributed by atoms with Crippen LogP contribution in [-0.2, 0) is 5.75 Å². The highest BCUT2D eigenvalue weighted by molar-refractivity contribution is 7.98. The molecule has 1 aliphatic heterocycles. The van der Waals surface area contributed by atoms with Gasteiger partial charge in [0.25, 0.3) is 5.91 Å². The molecule has 1 aromatic heterocycles. The van der Waals surface area contributed by atoms with E-state index in [4.69, 9.17) is 0 Å². The van der Waals surface area contributed by atoms with Crippen LogP contribution in [0.2, 0.25) is 0 Å². The quantitative estimate of drug-likeness (QED) is 0.489. The minimum atomic E-state index is -0.839. The summed E-state index contributed by atoms with van der Waals surface area (Å²) in [5.41, 5.74) is 2.38. The van der Waals surface area contributed by atoms with E-state index in [9.17, 15) is 13.6 Å². The molecule has 1 saturated heterocycles. The molecule has 1 atom stereocenters. The van der Waals surface area contributed by atoms with Crippen LogP contribution in [-0.4, -0.2) is 30.5 Å². The van der Waals surface area contributed by atoms with Crippen LogP contribution in [0, 0.1) is 24.5 Å². The van der Waals surface area contributed by atoms with Crippen molar-refractivity contribution in [1.29, 1.82) is 0 Å². The lowest BCUT2D eigenvalue weighted by molar-refractivity contribution is 0.0948. The van der Waals surface area contributed by atoms with Gasteiger partial charge in [0.1, 0.15) is 0 Å². The van der Waals surface area contributed by atoms with Gasteiger partial charge in [-0.15, -0.1) is 23.1 Å². The smallest absolute Gasteiger partial charge is 0.251 e. The number of aryl methyl sites for hydroxylation is 1. The van der Waals surface area contributed by atoms with Crippen molar-refractivity contribution in [2.75, 3.05) is 24.5 Å². The molecular formula is C23H23F2N3OS2. The van der Waals surface area contributed by atoms with Crippen LogP contribution >= 0.6 is 23.1 Å². The fourth-order valence-electron chi connectivity index (χ4n) is 3.59. The number of rotatable bonds is 7. The summed E-state index contributed by atoms with van der Waals surface area (Å²) < 4.78 is 26.6. The number of halogens is 2. The number of thioether (sulfide) groups is 1. The molecular weight excluding hydrogens is 436 g/mol. The van der Waals surface area contributed by atoms with E-state index in [1.807, 2.05) is 36.1 Å². The first-order valence-corrected chi connectivity index (χ1v) is 12.0. The van der Waals surface area contributed by atoms with E-state index in [0.717, 1.165) is 40.4 Å². The molecule has 1 N–H and O–H groups in total. The topological polar surface area (TPSA) is 45.2 Å². The standard InChI is InChI=1S/C23H23F2N3OS2/c1-15-27-18(13-30-15)14-31-20-5-2-17(3-6-20)23(29)26-11-16-8-9-28(12-16)19-4-7-21(24)22(25)10-19/h2-7,10,13,16H,8-9,11-12,14H2,1H3,(H,26,29). The Kier molecular flexibility index (Phi) is 6.87. The highest BCUT2D eigenvalue weighted by Gasteiger charge is 2.24. The van der Waals surface area contributed by atoms with Crippen LogP contribution in [0.15, 0.2) is 52.7 Å². The fourth-order valence-corrected chi connectivity index (χ4v) is 5.10. The van der Waals surface area contributed by atoms with E-state index in [0.29, 0.717) is 24.3 Å². The first-order chi connectivity index (χ1) is 15.0. The van der Waals surface area contributed by atoms with E-state index in [2.05, 4.69) is 15.7 Å². The van der Waals surface area contributed by atoms with Crippen molar-refractivity contribution in [2.45, 2.75) is 24.0 Å². The van der Waals surface area contributed by atoms with Gasteiger partial charge in [0.2, 0.25) is 0 Å². The van der Waals surface area contributed by atoms with Crippen LogP contribution in [0.1, 0.15) is 27.5 Å². The fraction of sp³-hybridized carbons (Fsp3) is 0.304. The number of anilines is 1. The van der Waals surface area contributed by atoms with Crippen LogP contribution in [0.5, 0.6) is 0 Å². The van der Waals surface area contributed by atoms with Crippen molar-refractivity contribution in [3.63, 3.8) is 0 Å². The lowest BCUT2D eigenvalue weighted by Gasteiger charge is -2.19. The second-order valence-corrected chi connectivity index (χ2v) is 9.69. The molecule has 0 radical (unpaired) electrons. The molecule has 0 saturated carbocycles. The molecule has 0 bridgehead atoms. The molecule has 2 heterocycles. The Morgan fingerprint density at radius 3 is 2.74 bits per heavy atom. The normalized spacial score (nSPS) is 16.0. The van der Waals surface area contributed by atoms with E-state index >= 15 is 0 Å². The van der Waals surface area contributed by atoms with Gasteiger partial charge >= 0.3 is 0 Å². The molecule has 2 aromatic carbocycles. The Morgan fingerprint density at radius 2 is 2.03 bits per heavy atom. The zero-order chi connectivity index (χ0) is 21.8. The molecule has 1 aliphatic rings. The summed E-state index contributed by atoms with van der Waals surface area (Å²) in [6.45, 7) is 4.02. The largest absolute Gasteiger partial charge is 0.371 e. The zero-order valence-electron chi connectivity index (χ0n) is 17.1. The summed E-state index contributed by atoms with van der Waals surface area (Å²) in [6.07, 6.45) is 0.894. The van der Waals surface area contributed by atoms with Crippen molar-refractivity contribution >= 4 is 34.7 Å². The lowest BCUT2D eigenvalue weighted by Crippen LogP contribution is -2.31. The molecule has 4 nitrogen and oxygen atoms in total. The molecule has 3 aromatic rings. The number of aromatic nitrogens is 1. The number of nitrogens with zero attached hydrogens (tertiary/aromatic N) is 2.